The number of ether oxygens (including phenoxy) is 1. The topological polar surface area (TPSA) is 149 Å². The maximum Gasteiger partial charge on any atom is 0.339 e. The Bertz CT molecular complexity index is 1580. The minimum atomic E-state index is -4.25. The highest BCUT2D eigenvalue weighted by Gasteiger charge is 2.23. The molecule has 1 N–H and O–H groups in total. The van der Waals surface area contributed by atoms with Gasteiger partial charge in [0, 0.05) is 28.4 Å². The second kappa shape index (κ2) is 12.1. The number of carbonyl (C=O) groups excluding carboxylic acids is 1. The first-order valence-electron chi connectivity index (χ1n) is 10.8. The van der Waals surface area contributed by atoms with Gasteiger partial charge in [-0.2, -0.15) is 13.7 Å². The van der Waals surface area contributed by atoms with Gasteiger partial charge in [-0.1, -0.05) is 23.7 Å². The average Bonchev–Trinajstić information content (AvgIpc) is 2.88. The third-order valence-electron chi connectivity index (χ3n) is 5.02. The Morgan fingerprint density at radius 3 is 2.53 bits per heavy atom. The van der Waals surface area contributed by atoms with Crippen LogP contribution >= 0.6 is 11.6 Å². The summed E-state index contributed by atoms with van der Waals surface area (Å²) >= 11 is 5.84. The number of nitro groups is 1. The first-order valence-corrected chi connectivity index (χ1v) is 12.6. The van der Waals surface area contributed by atoms with Gasteiger partial charge in [0.25, 0.3) is 11.6 Å². The van der Waals surface area contributed by atoms with Crippen molar-refractivity contribution in [2.45, 2.75) is 11.3 Å². The predicted molar refractivity (Wildman–Crippen MR) is 141 cm³/mol. The molecular formula is C26H20ClN3O7S. The Morgan fingerprint density at radius 2 is 1.92 bits per heavy atom. The Balaban J connectivity index is 1.98. The largest absolute Gasteiger partial charge is 0.493 e. The van der Waals surface area contributed by atoms with Crippen LogP contribution in [0.1, 0.15) is 11.1 Å². The number of allylic oxidation sites excluding steroid dienone is 1. The van der Waals surface area contributed by atoms with Crippen molar-refractivity contribution in [1.29, 1.82) is 5.26 Å². The Kier molecular flexibility index (Phi) is 8.85. The second-order valence-corrected chi connectivity index (χ2v) is 9.61. The zero-order chi connectivity index (χ0) is 27.9. The maximum atomic E-state index is 12.9. The summed E-state index contributed by atoms with van der Waals surface area (Å²) in [5.74, 6) is -0.855. The molecule has 0 saturated carbocycles. The van der Waals surface area contributed by atoms with Gasteiger partial charge in [0.05, 0.1) is 12.0 Å². The van der Waals surface area contributed by atoms with E-state index in [9.17, 15) is 28.6 Å². The number of carbonyl (C=O) groups is 1. The number of nitrogens with one attached hydrogen (secondary N) is 1. The first-order chi connectivity index (χ1) is 18.1. The van der Waals surface area contributed by atoms with Crippen LogP contribution in [0.4, 0.5) is 11.4 Å². The number of anilines is 1. The highest BCUT2D eigenvalue weighted by Crippen LogP contribution is 2.36. The lowest BCUT2D eigenvalue weighted by Gasteiger charge is -2.16. The molecule has 1 amide bonds. The van der Waals surface area contributed by atoms with Gasteiger partial charge >= 0.3 is 10.1 Å². The molecule has 0 bridgehead atoms. The lowest BCUT2D eigenvalue weighted by molar-refractivity contribution is -0.384. The summed E-state index contributed by atoms with van der Waals surface area (Å²) in [6, 6.07) is 15.4. The molecule has 3 rings (SSSR count). The van der Waals surface area contributed by atoms with Crippen molar-refractivity contribution in [3.05, 3.63) is 105 Å². The van der Waals surface area contributed by atoms with Crippen LogP contribution in [0.5, 0.6) is 11.5 Å². The van der Waals surface area contributed by atoms with Crippen LogP contribution in [-0.4, -0.2) is 26.4 Å². The zero-order valence-corrected chi connectivity index (χ0v) is 21.5. The normalized spacial score (nSPS) is 11.2. The van der Waals surface area contributed by atoms with E-state index in [0.29, 0.717) is 16.1 Å². The third kappa shape index (κ3) is 6.76. The van der Waals surface area contributed by atoms with E-state index < -0.39 is 20.9 Å². The molecule has 0 aromatic heterocycles. The van der Waals surface area contributed by atoms with Gasteiger partial charge in [0.1, 0.15) is 16.5 Å². The van der Waals surface area contributed by atoms with E-state index in [4.69, 9.17) is 20.5 Å². The van der Waals surface area contributed by atoms with Crippen LogP contribution in [0.3, 0.4) is 0 Å². The Labute approximate surface area is 223 Å². The van der Waals surface area contributed by atoms with E-state index in [1.54, 1.807) is 6.07 Å². The van der Waals surface area contributed by atoms with Gasteiger partial charge in [-0.05, 0) is 60.5 Å². The lowest BCUT2D eigenvalue weighted by atomic mass is 10.0. The van der Waals surface area contributed by atoms with Crippen molar-refractivity contribution in [3.8, 4) is 17.6 Å². The zero-order valence-electron chi connectivity index (χ0n) is 19.9. The number of rotatable bonds is 10. The Morgan fingerprint density at radius 1 is 1.21 bits per heavy atom. The fraction of sp³-hybridized carbons (Fsp3) is 0.0769. The van der Waals surface area contributed by atoms with Gasteiger partial charge in [-0.3, -0.25) is 14.9 Å². The molecule has 0 radical (unpaired) electrons. The van der Waals surface area contributed by atoms with Crippen molar-refractivity contribution >= 4 is 45.1 Å². The van der Waals surface area contributed by atoms with Gasteiger partial charge < -0.3 is 14.2 Å². The second-order valence-electron chi connectivity index (χ2n) is 7.63. The summed E-state index contributed by atoms with van der Waals surface area (Å²) in [7, 11) is -2.95. The van der Waals surface area contributed by atoms with E-state index in [0.717, 1.165) is 6.07 Å². The van der Waals surface area contributed by atoms with E-state index in [1.807, 2.05) is 0 Å². The van der Waals surface area contributed by atoms with Crippen molar-refractivity contribution < 1.29 is 27.1 Å². The van der Waals surface area contributed by atoms with Crippen molar-refractivity contribution in [1.82, 2.24) is 0 Å². The van der Waals surface area contributed by atoms with Crippen molar-refractivity contribution in [2.75, 3.05) is 12.4 Å². The van der Waals surface area contributed by atoms with E-state index in [-0.39, 0.29) is 39.8 Å². The molecule has 0 atom stereocenters. The molecule has 12 heteroatoms. The number of hydrogen-bond acceptors (Lipinski definition) is 8. The monoisotopic (exact) mass is 553 g/mol. The number of halogens is 1. The van der Waals surface area contributed by atoms with E-state index in [1.165, 1.54) is 73.9 Å². The van der Waals surface area contributed by atoms with Gasteiger partial charge in [-0.25, -0.2) is 0 Å². The van der Waals surface area contributed by atoms with Crippen LogP contribution < -0.4 is 14.2 Å². The summed E-state index contributed by atoms with van der Waals surface area (Å²) in [6.07, 6.45) is 2.95. The fourth-order valence-electron chi connectivity index (χ4n) is 3.29. The Hall–Kier alpha value is -4.66. The molecule has 0 unspecified atom stereocenters. The summed E-state index contributed by atoms with van der Waals surface area (Å²) in [5, 5.41) is 23.4. The minimum Gasteiger partial charge on any atom is -0.493 e. The van der Waals surface area contributed by atoms with Crippen molar-refractivity contribution in [2.24, 2.45) is 0 Å². The van der Waals surface area contributed by atoms with Crippen molar-refractivity contribution in [3.63, 3.8) is 0 Å². The molecular weight excluding hydrogens is 534 g/mol. The van der Waals surface area contributed by atoms with Crippen LogP contribution in [0.25, 0.3) is 6.08 Å². The van der Waals surface area contributed by atoms with Crippen LogP contribution in [0, 0.1) is 21.4 Å². The highest BCUT2D eigenvalue weighted by atomic mass is 35.5. The van der Waals surface area contributed by atoms with Gasteiger partial charge in [-0.15, -0.1) is 6.58 Å². The molecule has 10 nitrogen and oxygen atoms in total. The molecule has 3 aromatic carbocycles. The molecule has 0 heterocycles. The first kappa shape index (κ1) is 27.9. The molecule has 0 aliphatic heterocycles. The summed E-state index contributed by atoms with van der Waals surface area (Å²) < 4.78 is 36.5. The predicted octanol–water partition coefficient (Wildman–Crippen LogP) is 5.30. The van der Waals surface area contributed by atoms with Crippen LogP contribution in [-0.2, 0) is 21.3 Å². The van der Waals surface area contributed by atoms with Crippen LogP contribution in [0.15, 0.2) is 83.8 Å². The van der Waals surface area contributed by atoms with Gasteiger partial charge in [0.2, 0.25) is 0 Å². The highest BCUT2D eigenvalue weighted by molar-refractivity contribution is 7.87. The summed E-state index contributed by atoms with van der Waals surface area (Å²) in [5.41, 5.74) is 0.283. The molecule has 0 spiro atoms. The number of nitro benzene ring substituents is 1. The fourth-order valence-corrected chi connectivity index (χ4v) is 4.39. The van der Waals surface area contributed by atoms with Crippen LogP contribution in [0.2, 0.25) is 5.02 Å². The molecule has 0 saturated heterocycles. The molecule has 0 aliphatic rings. The maximum absolute atomic E-state index is 12.9. The third-order valence-corrected chi connectivity index (χ3v) is 6.51. The number of amides is 1. The smallest absolute Gasteiger partial charge is 0.339 e. The number of nitriles is 1. The minimum absolute atomic E-state index is 0.0320. The number of methoxy groups -OCH3 is 1. The average molecular weight is 554 g/mol. The molecule has 0 aliphatic carbocycles. The van der Waals surface area contributed by atoms with E-state index in [2.05, 4.69) is 11.9 Å². The van der Waals surface area contributed by atoms with Gasteiger partial charge in [0.15, 0.2) is 11.5 Å². The quantitative estimate of drug-likeness (QED) is 0.0887. The molecule has 0 fully saturated rings. The molecule has 38 heavy (non-hydrogen) atoms. The lowest BCUT2D eigenvalue weighted by Crippen LogP contribution is -2.14. The summed E-state index contributed by atoms with van der Waals surface area (Å²) in [4.78, 5) is 22.9. The number of hydrogen-bond donors (Lipinski definition) is 1. The summed E-state index contributed by atoms with van der Waals surface area (Å²) in [6.45, 7) is 3.68. The SMILES string of the molecule is C=CCc1cc(/C=C(\C#N)C(=O)Nc2cccc([N+](=O)[O-])c2)cc(OC)c1OS(=O)(=O)c1ccc(Cl)cc1. The molecule has 3 aromatic rings. The standard InChI is InChI=1S/C26H20ClN3O7S/c1-3-5-18-12-17(13-19(16-28)26(31)29-21-6-4-7-22(15-21)30(32)33)14-24(36-2)25(18)37-38(34,35)23-10-8-20(27)9-11-23/h3-4,6-15H,1,5H2,2H3,(H,29,31)/b19-13+. The molecule has 194 valence electrons. The van der Waals surface area contributed by atoms with E-state index >= 15 is 0 Å². The number of non-ortho nitro benzene ring substituents is 1. The number of nitrogens with zero attached hydrogens (tertiary/aromatic N) is 2. The number of benzene rings is 3.